The number of morpholine rings is 1. The monoisotopic (exact) mass is 364 g/mol. The molecule has 27 heavy (non-hydrogen) atoms. The first-order chi connectivity index (χ1) is 13.1. The van der Waals surface area contributed by atoms with Gasteiger partial charge in [0.15, 0.2) is 0 Å². The first-order valence-electron chi connectivity index (χ1n) is 10.0. The van der Waals surface area contributed by atoms with Crippen molar-refractivity contribution in [2.24, 2.45) is 5.92 Å². The Hall–Kier alpha value is -2.16. The summed E-state index contributed by atoms with van der Waals surface area (Å²) in [5.41, 5.74) is 1.65. The molecule has 0 aliphatic carbocycles. The number of anilines is 1. The van der Waals surface area contributed by atoms with Crippen LogP contribution in [0.1, 0.15) is 32.3 Å². The molecule has 2 aromatic rings. The van der Waals surface area contributed by atoms with Crippen LogP contribution >= 0.6 is 0 Å². The summed E-state index contributed by atoms with van der Waals surface area (Å²) in [6, 6.07) is 12.1. The van der Waals surface area contributed by atoms with Gasteiger partial charge in [-0.25, -0.2) is 4.98 Å². The van der Waals surface area contributed by atoms with Gasteiger partial charge in [0.25, 0.3) is 0 Å². The van der Waals surface area contributed by atoms with Crippen molar-refractivity contribution in [2.75, 3.05) is 37.6 Å². The van der Waals surface area contributed by atoms with Crippen LogP contribution in [0.25, 0.3) is 10.9 Å². The average Bonchev–Trinajstić information content (AvgIpc) is 2.67. The Kier molecular flexibility index (Phi) is 5.29. The summed E-state index contributed by atoms with van der Waals surface area (Å²) >= 11 is 0. The zero-order valence-electron chi connectivity index (χ0n) is 16.3. The molecule has 2 aliphatic rings. The predicted octanol–water partition coefficient (Wildman–Crippen LogP) is 3.43. The van der Waals surface area contributed by atoms with Crippen LogP contribution in [0.3, 0.4) is 0 Å². The molecule has 5 heteroatoms. The number of benzene rings is 1. The van der Waals surface area contributed by atoms with Crippen molar-refractivity contribution in [1.29, 1.82) is 5.26 Å². The van der Waals surface area contributed by atoms with Crippen LogP contribution in [-0.2, 0) is 4.74 Å². The number of aromatic nitrogens is 1. The van der Waals surface area contributed by atoms with Crippen LogP contribution < -0.4 is 4.90 Å². The van der Waals surface area contributed by atoms with Gasteiger partial charge in [0.1, 0.15) is 5.82 Å². The second kappa shape index (κ2) is 7.84. The Morgan fingerprint density at radius 3 is 2.56 bits per heavy atom. The minimum absolute atomic E-state index is 0.345. The Bertz CT molecular complexity index is 828. The van der Waals surface area contributed by atoms with Gasteiger partial charge in [0.2, 0.25) is 0 Å². The molecule has 5 nitrogen and oxygen atoms in total. The number of hydrogen-bond acceptors (Lipinski definition) is 5. The van der Waals surface area contributed by atoms with Crippen LogP contribution in [0.2, 0.25) is 0 Å². The van der Waals surface area contributed by atoms with Gasteiger partial charge < -0.3 is 9.64 Å². The zero-order valence-corrected chi connectivity index (χ0v) is 16.3. The van der Waals surface area contributed by atoms with E-state index in [4.69, 9.17) is 15.0 Å². The van der Waals surface area contributed by atoms with Gasteiger partial charge in [-0.3, -0.25) is 4.90 Å². The fourth-order valence-corrected chi connectivity index (χ4v) is 4.50. The van der Waals surface area contributed by atoms with Crippen molar-refractivity contribution in [3.8, 4) is 6.07 Å². The summed E-state index contributed by atoms with van der Waals surface area (Å²) in [5.74, 6) is 1.82. The number of fused-ring (bicyclic) bond motifs is 1. The van der Waals surface area contributed by atoms with Crippen LogP contribution in [0.15, 0.2) is 30.3 Å². The smallest absolute Gasteiger partial charge is 0.129 e. The molecule has 2 fully saturated rings. The van der Waals surface area contributed by atoms with E-state index in [1.54, 1.807) is 0 Å². The molecule has 0 spiro atoms. The maximum Gasteiger partial charge on any atom is 0.129 e. The fraction of sp³-hybridized carbons (Fsp3) is 0.545. The van der Waals surface area contributed by atoms with Crippen molar-refractivity contribution in [3.05, 3.63) is 35.9 Å². The van der Waals surface area contributed by atoms with E-state index in [0.717, 1.165) is 48.8 Å². The first-order valence-corrected chi connectivity index (χ1v) is 10.0. The molecular formula is C22H28N4O. The molecule has 2 saturated heterocycles. The summed E-state index contributed by atoms with van der Waals surface area (Å²) in [6.45, 7) is 9.78. The Labute approximate surface area is 161 Å². The van der Waals surface area contributed by atoms with Crippen LogP contribution in [0.5, 0.6) is 0 Å². The molecule has 3 heterocycles. The van der Waals surface area contributed by atoms with Gasteiger partial charge in [-0.2, -0.15) is 5.26 Å². The molecule has 142 valence electrons. The van der Waals surface area contributed by atoms with Crippen LogP contribution in [0, 0.1) is 17.2 Å². The molecule has 1 aromatic heterocycles. The van der Waals surface area contributed by atoms with Crippen molar-refractivity contribution in [1.82, 2.24) is 9.88 Å². The Morgan fingerprint density at radius 1 is 1.11 bits per heavy atom. The highest BCUT2D eigenvalue weighted by atomic mass is 16.5. The largest absolute Gasteiger partial charge is 0.373 e. The maximum atomic E-state index is 9.04. The van der Waals surface area contributed by atoms with Crippen molar-refractivity contribution >= 4 is 16.7 Å². The summed E-state index contributed by atoms with van der Waals surface area (Å²) in [7, 11) is 0. The number of pyridine rings is 1. The lowest BCUT2D eigenvalue weighted by atomic mass is 9.95. The van der Waals surface area contributed by atoms with Crippen molar-refractivity contribution in [2.45, 2.75) is 38.9 Å². The van der Waals surface area contributed by atoms with Crippen molar-refractivity contribution in [3.63, 3.8) is 0 Å². The maximum absolute atomic E-state index is 9.04. The first kappa shape index (κ1) is 18.2. The molecular weight excluding hydrogens is 336 g/mol. The molecule has 0 radical (unpaired) electrons. The van der Waals surface area contributed by atoms with Gasteiger partial charge in [0.05, 0.1) is 29.4 Å². The minimum atomic E-state index is 0.345. The highest BCUT2D eigenvalue weighted by molar-refractivity contribution is 5.81. The van der Waals surface area contributed by atoms with E-state index in [9.17, 15) is 0 Å². The van der Waals surface area contributed by atoms with E-state index in [1.807, 2.05) is 18.2 Å². The Balaban J connectivity index is 1.36. The van der Waals surface area contributed by atoms with Gasteiger partial charge in [0, 0.05) is 38.1 Å². The molecule has 0 bridgehead atoms. The van der Waals surface area contributed by atoms with Crippen LogP contribution in [-0.4, -0.2) is 54.8 Å². The number of hydrogen-bond donors (Lipinski definition) is 0. The molecule has 0 amide bonds. The van der Waals surface area contributed by atoms with Gasteiger partial charge in [-0.15, -0.1) is 0 Å². The number of nitrogens with zero attached hydrogens (tertiary/aromatic N) is 4. The lowest BCUT2D eigenvalue weighted by Crippen LogP contribution is -2.48. The molecule has 1 aromatic carbocycles. The summed E-state index contributed by atoms with van der Waals surface area (Å²) in [6.07, 6.45) is 3.12. The lowest BCUT2D eigenvalue weighted by Gasteiger charge is -2.39. The summed E-state index contributed by atoms with van der Waals surface area (Å²) in [4.78, 5) is 9.81. The van der Waals surface area contributed by atoms with E-state index < -0.39 is 0 Å². The topological polar surface area (TPSA) is 52.4 Å². The molecule has 2 aliphatic heterocycles. The Morgan fingerprint density at radius 2 is 1.85 bits per heavy atom. The lowest BCUT2D eigenvalue weighted by molar-refractivity contribution is -0.0720. The summed E-state index contributed by atoms with van der Waals surface area (Å²) in [5, 5.41) is 10.1. The third-order valence-corrected chi connectivity index (χ3v) is 5.75. The van der Waals surface area contributed by atoms with E-state index >= 15 is 0 Å². The highest BCUT2D eigenvalue weighted by Gasteiger charge is 2.27. The third kappa shape index (κ3) is 4.23. The molecule has 4 rings (SSSR count). The van der Waals surface area contributed by atoms with E-state index in [0.29, 0.717) is 17.8 Å². The number of piperidine rings is 1. The number of rotatable bonds is 3. The fourth-order valence-electron chi connectivity index (χ4n) is 4.50. The number of ether oxygens (including phenoxy) is 1. The second-order valence-electron chi connectivity index (χ2n) is 8.10. The van der Waals surface area contributed by atoms with Gasteiger partial charge >= 0.3 is 0 Å². The molecule has 0 saturated carbocycles. The predicted molar refractivity (Wildman–Crippen MR) is 108 cm³/mol. The van der Waals surface area contributed by atoms with Gasteiger partial charge in [-0.05, 0) is 62.9 Å². The quantitative estimate of drug-likeness (QED) is 0.835. The van der Waals surface area contributed by atoms with E-state index in [1.165, 1.54) is 19.4 Å². The zero-order chi connectivity index (χ0) is 18.8. The third-order valence-electron chi connectivity index (χ3n) is 5.75. The molecule has 0 N–H and O–H groups in total. The van der Waals surface area contributed by atoms with Gasteiger partial charge in [-0.1, -0.05) is 0 Å². The van der Waals surface area contributed by atoms with Crippen molar-refractivity contribution < 1.29 is 4.74 Å². The van der Waals surface area contributed by atoms with E-state index in [2.05, 4.69) is 41.8 Å². The highest BCUT2D eigenvalue weighted by Crippen LogP contribution is 2.26. The number of nitriles is 1. The second-order valence-corrected chi connectivity index (χ2v) is 8.10. The normalized spacial score (nSPS) is 24.9. The SMILES string of the molecule is CC1CN(CC2CCN(c3ccc4cc(C#N)ccc4n3)CC2)CC(C)O1. The molecule has 2 unspecified atom stereocenters. The average molecular weight is 364 g/mol. The standard InChI is InChI=1S/C22H28N4O/c1-16-13-25(14-17(2)27-16)15-18-7-9-26(10-8-18)22-6-4-20-11-19(12-23)3-5-21(20)24-22/h3-6,11,16-18H,7-10,13-15H2,1-2H3. The summed E-state index contributed by atoms with van der Waals surface area (Å²) < 4.78 is 5.85. The molecule has 2 atom stereocenters. The van der Waals surface area contributed by atoms with E-state index in [-0.39, 0.29) is 0 Å². The minimum Gasteiger partial charge on any atom is -0.373 e. The van der Waals surface area contributed by atoms with Crippen LogP contribution in [0.4, 0.5) is 5.82 Å².